The smallest absolute Gasteiger partial charge is 0.292 e. The Kier molecular flexibility index (Phi) is 2.91. The molecule has 1 heterocycles. The molecule has 20 heavy (non-hydrogen) atoms. The second-order valence-electron chi connectivity index (χ2n) is 6.14. The Bertz CT molecular complexity index is 555. The van der Waals surface area contributed by atoms with Gasteiger partial charge in [0.25, 0.3) is 5.91 Å². The van der Waals surface area contributed by atoms with Crippen molar-refractivity contribution in [3.05, 3.63) is 0 Å². The number of nitrogens with two attached hydrogens (primary N) is 1. The van der Waals surface area contributed by atoms with Gasteiger partial charge in [-0.05, 0) is 12.3 Å². The van der Waals surface area contributed by atoms with Gasteiger partial charge in [-0.25, -0.2) is 4.99 Å². The highest BCUT2D eigenvalue weighted by Gasteiger charge is 2.98. The summed E-state index contributed by atoms with van der Waals surface area (Å²) in [7, 11) is 2.84. The number of aliphatic imine (C=N–C) groups is 1. The largest absolute Gasteiger partial charge is 0.386 e. The molecule has 3 atom stereocenters. The highest BCUT2D eigenvalue weighted by molar-refractivity contribution is 6.00. The summed E-state index contributed by atoms with van der Waals surface area (Å²) in [5.41, 5.74) is 3.02. The van der Waals surface area contributed by atoms with Crippen LogP contribution in [-0.2, 0) is 9.47 Å². The summed E-state index contributed by atoms with van der Waals surface area (Å²) in [6, 6.07) is 4.50. The normalized spacial score (nSPS) is 40.7. The Morgan fingerprint density at radius 1 is 1.25 bits per heavy atom. The number of hydrogen-bond acceptors (Lipinski definition) is 6. The quantitative estimate of drug-likeness (QED) is 0.781. The first-order valence-electron chi connectivity index (χ1n) is 6.57. The summed E-state index contributed by atoms with van der Waals surface area (Å²) in [5.74, 6) is -1.07. The first kappa shape index (κ1) is 14.8. The zero-order chi connectivity index (χ0) is 15.4. The Hall–Kier alpha value is -1.63. The molecule has 108 valence electrons. The monoisotopic (exact) mass is 276 g/mol. The van der Waals surface area contributed by atoms with Crippen LogP contribution in [0.15, 0.2) is 4.99 Å². The summed E-state index contributed by atoms with van der Waals surface area (Å²) >= 11 is 0. The number of amidine groups is 1. The molecule has 2 aliphatic rings. The predicted octanol–water partition coefficient (Wildman–Crippen LogP) is 1.39. The molecular formula is C14H20N4O2. The van der Waals surface area contributed by atoms with Crippen LogP contribution < -0.4 is 5.73 Å². The third-order valence-corrected chi connectivity index (χ3v) is 4.99. The minimum absolute atomic E-state index is 0.133. The van der Waals surface area contributed by atoms with Gasteiger partial charge in [0, 0.05) is 19.6 Å². The number of nitriles is 2. The third kappa shape index (κ3) is 1.06. The van der Waals surface area contributed by atoms with E-state index < -0.39 is 22.2 Å². The van der Waals surface area contributed by atoms with Crippen LogP contribution in [0.5, 0.6) is 0 Å². The van der Waals surface area contributed by atoms with Gasteiger partial charge in [0.2, 0.25) is 0 Å². The fourth-order valence-electron chi connectivity index (χ4n) is 4.32. The van der Waals surface area contributed by atoms with E-state index in [0.717, 1.165) is 0 Å². The van der Waals surface area contributed by atoms with Crippen molar-refractivity contribution < 1.29 is 9.47 Å². The highest BCUT2D eigenvalue weighted by atomic mass is 16.7. The molecule has 0 spiro atoms. The maximum absolute atomic E-state index is 9.84. The van der Waals surface area contributed by atoms with Crippen LogP contribution in [-0.4, -0.2) is 26.0 Å². The summed E-state index contributed by atoms with van der Waals surface area (Å²) in [4.78, 5) is 4.18. The van der Waals surface area contributed by atoms with Crippen LogP contribution in [0, 0.1) is 44.8 Å². The molecule has 1 aliphatic carbocycles. The molecule has 1 aliphatic heterocycles. The highest BCUT2D eigenvalue weighted by Crippen LogP contribution is 2.86. The van der Waals surface area contributed by atoms with Crippen molar-refractivity contribution in [2.75, 3.05) is 14.2 Å². The third-order valence-electron chi connectivity index (χ3n) is 4.99. The molecule has 0 unspecified atom stereocenters. The molecule has 6 nitrogen and oxygen atoms in total. The number of fused-ring (bicyclic) bond motifs is 1. The van der Waals surface area contributed by atoms with E-state index in [2.05, 4.69) is 17.1 Å². The van der Waals surface area contributed by atoms with Crippen molar-refractivity contribution in [3.63, 3.8) is 0 Å². The van der Waals surface area contributed by atoms with Crippen LogP contribution in [0.4, 0.5) is 0 Å². The number of nitrogens with zero attached hydrogens (tertiary/aromatic N) is 3. The van der Waals surface area contributed by atoms with Crippen molar-refractivity contribution in [1.29, 1.82) is 10.5 Å². The predicted molar refractivity (Wildman–Crippen MR) is 72.0 cm³/mol. The van der Waals surface area contributed by atoms with Gasteiger partial charge in [-0.1, -0.05) is 20.8 Å². The number of ether oxygens (including phenoxy) is 2. The Labute approximate surface area is 119 Å². The molecule has 2 rings (SSSR count). The van der Waals surface area contributed by atoms with Gasteiger partial charge >= 0.3 is 0 Å². The summed E-state index contributed by atoms with van der Waals surface area (Å²) in [6.07, 6.45) is 0.665. The van der Waals surface area contributed by atoms with Crippen molar-refractivity contribution >= 4 is 5.84 Å². The maximum Gasteiger partial charge on any atom is 0.292 e. The van der Waals surface area contributed by atoms with Crippen molar-refractivity contribution in [2.45, 2.75) is 33.1 Å². The van der Waals surface area contributed by atoms with Gasteiger partial charge < -0.3 is 15.2 Å². The van der Waals surface area contributed by atoms with E-state index in [4.69, 9.17) is 15.2 Å². The minimum atomic E-state index is -1.51. The van der Waals surface area contributed by atoms with E-state index in [1.54, 1.807) is 0 Å². The van der Waals surface area contributed by atoms with E-state index in [-0.39, 0.29) is 5.84 Å². The van der Waals surface area contributed by atoms with Crippen LogP contribution in [0.1, 0.15) is 27.2 Å². The van der Waals surface area contributed by atoms with Crippen molar-refractivity contribution in [1.82, 2.24) is 0 Å². The first-order chi connectivity index (χ1) is 9.29. The van der Waals surface area contributed by atoms with Gasteiger partial charge in [-0.15, -0.1) is 0 Å². The van der Waals surface area contributed by atoms with Gasteiger partial charge in [0.05, 0.1) is 12.1 Å². The second kappa shape index (κ2) is 3.94. The molecular weight excluding hydrogens is 256 g/mol. The standard InChI is InChI=1S/C14H20N4O2/c1-9(2)6-11(3)12(7-15)10(17)18-14(19-4,20-5)13(11,12)8-16/h9H,6H2,1-5H3,(H2,17,18)/t11-,12-,13+/m0/s1. The summed E-state index contributed by atoms with van der Waals surface area (Å²) < 4.78 is 10.8. The van der Waals surface area contributed by atoms with E-state index in [1.807, 2.05) is 20.8 Å². The summed E-state index contributed by atoms with van der Waals surface area (Å²) in [5, 5.41) is 19.6. The number of rotatable bonds is 4. The van der Waals surface area contributed by atoms with Crippen LogP contribution in [0.2, 0.25) is 0 Å². The molecule has 1 fully saturated rings. The Morgan fingerprint density at radius 2 is 1.80 bits per heavy atom. The molecule has 0 radical (unpaired) electrons. The molecule has 0 amide bonds. The van der Waals surface area contributed by atoms with E-state index in [0.29, 0.717) is 12.3 Å². The van der Waals surface area contributed by atoms with Gasteiger partial charge in [-0.2, -0.15) is 10.5 Å². The molecule has 0 saturated heterocycles. The van der Waals surface area contributed by atoms with Gasteiger partial charge in [0.1, 0.15) is 11.3 Å². The molecule has 1 saturated carbocycles. The van der Waals surface area contributed by atoms with Crippen molar-refractivity contribution in [3.8, 4) is 12.1 Å². The number of hydrogen-bond donors (Lipinski definition) is 1. The van der Waals surface area contributed by atoms with Gasteiger partial charge in [0.15, 0.2) is 5.41 Å². The number of methoxy groups -OCH3 is 2. The SMILES string of the molecule is COC1(OC)N=C(N)[C@@]2(C#N)[C@](C)(CC(C)C)[C@@]12C#N. The molecule has 0 aromatic rings. The lowest BCUT2D eigenvalue weighted by molar-refractivity contribution is -0.236. The van der Waals surface area contributed by atoms with Crippen LogP contribution in [0.3, 0.4) is 0 Å². The minimum Gasteiger partial charge on any atom is -0.386 e. The van der Waals surface area contributed by atoms with E-state index in [1.165, 1.54) is 14.2 Å². The molecule has 0 bridgehead atoms. The first-order valence-corrected chi connectivity index (χ1v) is 6.57. The van der Waals surface area contributed by atoms with Crippen molar-refractivity contribution in [2.24, 2.45) is 32.9 Å². The molecule has 2 N–H and O–H groups in total. The zero-order valence-corrected chi connectivity index (χ0v) is 12.5. The Balaban J connectivity index is 2.71. The Morgan fingerprint density at radius 3 is 2.15 bits per heavy atom. The van der Waals surface area contributed by atoms with E-state index >= 15 is 0 Å². The molecule has 0 aromatic carbocycles. The fourth-order valence-corrected chi connectivity index (χ4v) is 4.32. The maximum atomic E-state index is 9.84. The van der Waals surface area contributed by atoms with Gasteiger partial charge in [-0.3, -0.25) is 0 Å². The zero-order valence-electron chi connectivity index (χ0n) is 12.5. The molecule has 0 aromatic heterocycles. The van der Waals surface area contributed by atoms with Crippen LogP contribution >= 0.6 is 0 Å². The average Bonchev–Trinajstić information content (AvgIpc) is 2.76. The topological polar surface area (TPSA) is 104 Å². The fraction of sp³-hybridized carbons (Fsp3) is 0.786. The molecule has 6 heteroatoms. The lowest BCUT2D eigenvalue weighted by atomic mass is 9.84. The summed E-state index contributed by atoms with van der Waals surface area (Å²) in [6.45, 7) is 5.99. The average molecular weight is 276 g/mol. The van der Waals surface area contributed by atoms with E-state index in [9.17, 15) is 10.5 Å². The second-order valence-corrected chi connectivity index (χ2v) is 6.14. The van der Waals surface area contributed by atoms with Crippen LogP contribution in [0.25, 0.3) is 0 Å². The lowest BCUT2D eigenvalue weighted by Gasteiger charge is -2.32. The lowest BCUT2D eigenvalue weighted by Crippen LogP contribution is -2.43.